The summed E-state index contributed by atoms with van der Waals surface area (Å²) < 4.78 is 2.43. The zero-order chi connectivity index (χ0) is 12.8. The summed E-state index contributed by atoms with van der Waals surface area (Å²) in [7, 11) is 0. The van der Waals surface area contributed by atoms with Crippen LogP contribution in [0.5, 0.6) is 0 Å². The lowest BCUT2D eigenvalue weighted by atomic mass is 10.2. The molecule has 1 heterocycles. The molecule has 1 aromatic heterocycles. The minimum atomic E-state index is 1.09. The van der Waals surface area contributed by atoms with Crippen LogP contribution in [0.1, 0.15) is 51.8 Å². The van der Waals surface area contributed by atoms with Gasteiger partial charge in [-0.15, -0.1) is 0 Å². The molecule has 0 aliphatic rings. The van der Waals surface area contributed by atoms with Crippen molar-refractivity contribution in [2.45, 2.75) is 58.9 Å². The number of aromatic nitrogens is 2. The minimum absolute atomic E-state index is 1.09. The Balaban J connectivity index is 2.19. The molecule has 0 aliphatic carbocycles. The number of unbranched alkanes of at least 4 members (excludes halogenated alkanes) is 3. The molecule has 18 heavy (non-hydrogen) atoms. The Morgan fingerprint density at radius 1 is 1.00 bits per heavy atom. The third-order valence-electron chi connectivity index (χ3n) is 3.44. The van der Waals surface area contributed by atoms with Gasteiger partial charge in [-0.2, -0.15) is 0 Å². The van der Waals surface area contributed by atoms with Crippen molar-refractivity contribution in [2.75, 3.05) is 0 Å². The predicted octanol–water partition coefficient (Wildman–Crippen LogP) is 4.57. The molecule has 0 spiro atoms. The zero-order valence-electron chi connectivity index (χ0n) is 11.7. The highest BCUT2D eigenvalue weighted by molar-refractivity contribution is 5.75. The molecule has 0 aliphatic heterocycles. The Bertz CT molecular complexity index is 485. The number of para-hydroxylation sites is 2. The van der Waals surface area contributed by atoms with E-state index in [1.165, 1.54) is 37.0 Å². The molecule has 0 fully saturated rings. The molecule has 2 rings (SSSR count). The average Bonchev–Trinajstić information content (AvgIpc) is 2.73. The molecule has 0 N–H and O–H groups in total. The second-order valence-electron chi connectivity index (χ2n) is 4.98. The lowest BCUT2D eigenvalue weighted by Gasteiger charge is -2.08. The highest BCUT2D eigenvalue weighted by Gasteiger charge is 2.08. The first-order chi connectivity index (χ1) is 8.86. The van der Waals surface area contributed by atoms with Crippen LogP contribution in [0.2, 0.25) is 0 Å². The van der Waals surface area contributed by atoms with Crippen molar-refractivity contribution < 1.29 is 0 Å². The third-order valence-corrected chi connectivity index (χ3v) is 3.44. The van der Waals surface area contributed by atoms with Crippen molar-refractivity contribution in [2.24, 2.45) is 0 Å². The Morgan fingerprint density at radius 2 is 1.83 bits per heavy atom. The van der Waals surface area contributed by atoms with E-state index in [1.807, 2.05) is 0 Å². The van der Waals surface area contributed by atoms with Crippen molar-refractivity contribution in [1.29, 1.82) is 0 Å². The molecule has 2 aromatic rings. The van der Waals surface area contributed by atoms with E-state index in [2.05, 4.69) is 42.7 Å². The van der Waals surface area contributed by atoms with Crippen molar-refractivity contribution in [3.05, 3.63) is 30.1 Å². The molecule has 2 nitrogen and oxygen atoms in total. The van der Waals surface area contributed by atoms with Gasteiger partial charge >= 0.3 is 0 Å². The van der Waals surface area contributed by atoms with Crippen LogP contribution in [-0.4, -0.2) is 9.55 Å². The minimum Gasteiger partial charge on any atom is -0.328 e. The van der Waals surface area contributed by atoms with E-state index in [9.17, 15) is 0 Å². The van der Waals surface area contributed by atoms with E-state index in [0.717, 1.165) is 24.9 Å². The fourth-order valence-corrected chi connectivity index (χ4v) is 2.49. The molecular weight excluding hydrogens is 220 g/mol. The number of benzene rings is 1. The first-order valence-corrected chi connectivity index (χ1v) is 7.31. The van der Waals surface area contributed by atoms with Gasteiger partial charge in [0.05, 0.1) is 11.0 Å². The molecule has 0 atom stereocenters. The van der Waals surface area contributed by atoms with E-state index < -0.39 is 0 Å². The molecule has 1 aromatic carbocycles. The maximum absolute atomic E-state index is 4.76. The van der Waals surface area contributed by atoms with Gasteiger partial charge in [0, 0.05) is 13.0 Å². The molecule has 0 saturated heterocycles. The molecule has 2 heteroatoms. The summed E-state index contributed by atoms with van der Waals surface area (Å²) in [5.41, 5.74) is 2.45. The fourth-order valence-electron chi connectivity index (χ4n) is 2.49. The molecule has 0 radical (unpaired) electrons. The van der Waals surface area contributed by atoms with Crippen molar-refractivity contribution >= 4 is 11.0 Å². The number of hydrogen-bond donors (Lipinski definition) is 0. The Kier molecular flexibility index (Phi) is 4.80. The normalized spacial score (nSPS) is 11.2. The summed E-state index contributed by atoms with van der Waals surface area (Å²) in [6.45, 7) is 5.60. The second kappa shape index (κ2) is 6.58. The highest BCUT2D eigenvalue weighted by Crippen LogP contribution is 2.18. The zero-order valence-corrected chi connectivity index (χ0v) is 11.7. The Morgan fingerprint density at radius 3 is 2.61 bits per heavy atom. The van der Waals surface area contributed by atoms with Crippen LogP contribution in [-0.2, 0) is 13.0 Å². The quantitative estimate of drug-likeness (QED) is 0.652. The summed E-state index contributed by atoms with van der Waals surface area (Å²) in [6.07, 6.45) is 7.49. The van der Waals surface area contributed by atoms with Gasteiger partial charge in [0.2, 0.25) is 0 Å². The van der Waals surface area contributed by atoms with Crippen molar-refractivity contribution in [1.82, 2.24) is 9.55 Å². The number of hydrogen-bond acceptors (Lipinski definition) is 1. The number of rotatable bonds is 7. The third kappa shape index (κ3) is 2.92. The summed E-state index contributed by atoms with van der Waals surface area (Å²) in [6, 6.07) is 8.51. The smallest absolute Gasteiger partial charge is 0.109 e. The van der Waals surface area contributed by atoms with E-state index >= 15 is 0 Å². The van der Waals surface area contributed by atoms with Crippen LogP contribution < -0.4 is 0 Å². The van der Waals surface area contributed by atoms with Crippen molar-refractivity contribution in [3.8, 4) is 0 Å². The summed E-state index contributed by atoms with van der Waals surface area (Å²) in [5.74, 6) is 1.26. The molecule has 0 bridgehead atoms. The largest absolute Gasteiger partial charge is 0.328 e. The van der Waals surface area contributed by atoms with Crippen LogP contribution in [0, 0.1) is 0 Å². The average molecular weight is 244 g/mol. The molecule has 0 amide bonds. The lowest BCUT2D eigenvalue weighted by molar-refractivity contribution is 0.572. The van der Waals surface area contributed by atoms with E-state index in [1.54, 1.807) is 0 Å². The van der Waals surface area contributed by atoms with E-state index in [-0.39, 0.29) is 0 Å². The van der Waals surface area contributed by atoms with E-state index in [4.69, 9.17) is 4.98 Å². The standard InChI is InChI=1S/C16H24N2/c1-3-5-6-9-13-18-15-12-8-7-11-14(15)17-16(18)10-4-2/h7-8,11-12H,3-6,9-10,13H2,1-2H3. The Hall–Kier alpha value is -1.31. The number of nitrogens with zero attached hydrogens (tertiary/aromatic N) is 2. The van der Waals surface area contributed by atoms with Gasteiger partial charge in [0.25, 0.3) is 0 Å². The number of fused-ring (bicyclic) bond motifs is 1. The summed E-state index contributed by atoms with van der Waals surface area (Å²) >= 11 is 0. The molecule has 0 unspecified atom stereocenters. The number of aryl methyl sites for hydroxylation is 2. The SMILES string of the molecule is CCCCCCn1c(CCC)nc2ccccc21. The maximum atomic E-state index is 4.76. The predicted molar refractivity (Wildman–Crippen MR) is 77.9 cm³/mol. The summed E-state index contributed by atoms with van der Waals surface area (Å²) in [4.78, 5) is 4.76. The van der Waals surface area contributed by atoms with Crippen LogP contribution in [0.15, 0.2) is 24.3 Å². The molecule has 98 valence electrons. The lowest BCUT2D eigenvalue weighted by Crippen LogP contribution is -2.04. The van der Waals surface area contributed by atoms with Crippen molar-refractivity contribution in [3.63, 3.8) is 0 Å². The van der Waals surface area contributed by atoms with Crippen LogP contribution in [0.25, 0.3) is 11.0 Å². The van der Waals surface area contributed by atoms with Gasteiger partial charge in [-0.3, -0.25) is 0 Å². The maximum Gasteiger partial charge on any atom is 0.109 e. The van der Waals surface area contributed by atoms with Gasteiger partial charge in [0.1, 0.15) is 5.82 Å². The van der Waals surface area contributed by atoms with Gasteiger partial charge in [-0.25, -0.2) is 4.98 Å². The topological polar surface area (TPSA) is 17.8 Å². The summed E-state index contributed by atoms with van der Waals surface area (Å²) in [5, 5.41) is 0. The van der Waals surface area contributed by atoms with Gasteiger partial charge < -0.3 is 4.57 Å². The Labute approximate surface area is 110 Å². The van der Waals surface area contributed by atoms with Crippen LogP contribution >= 0.6 is 0 Å². The van der Waals surface area contributed by atoms with Gasteiger partial charge in [0.15, 0.2) is 0 Å². The first-order valence-electron chi connectivity index (χ1n) is 7.31. The molecular formula is C16H24N2. The highest BCUT2D eigenvalue weighted by atomic mass is 15.1. The number of imidazole rings is 1. The second-order valence-corrected chi connectivity index (χ2v) is 4.98. The van der Waals surface area contributed by atoms with Gasteiger partial charge in [-0.1, -0.05) is 45.2 Å². The molecule has 0 saturated carbocycles. The van der Waals surface area contributed by atoms with E-state index in [0.29, 0.717) is 0 Å². The first kappa shape index (κ1) is 13.1. The van der Waals surface area contributed by atoms with Gasteiger partial charge in [-0.05, 0) is 25.0 Å². The fraction of sp³-hybridized carbons (Fsp3) is 0.562. The van der Waals surface area contributed by atoms with Crippen LogP contribution in [0.4, 0.5) is 0 Å². The monoisotopic (exact) mass is 244 g/mol. The van der Waals surface area contributed by atoms with Crippen LogP contribution in [0.3, 0.4) is 0 Å².